The van der Waals surface area contributed by atoms with Gasteiger partial charge in [-0.2, -0.15) is 13.2 Å². The van der Waals surface area contributed by atoms with Crippen LogP contribution in [0, 0.1) is 5.82 Å². The Morgan fingerprint density at radius 2 is 1.89 bits per heavy atom. The quantitative estimate of drug-likeness (QED) is 0.819. The molecule has 1 fully saturated rings. The van der Waals surface area contributed by atoms with Gasteiger partial charge in [-0.25, -0.2) is 4.39 Å². The molecule has 2 rings (SSSR count). The van der Waals surface area contributed by atoms with E-state index >= 15 is 0 Å². The Morgan fingerprint density at radius 1 is 1.28 bits per heavy atom. The third-order valence-corrected chi connectivity index (χ3v) is 3.30. The second-order valence-electron chi connectivity index (χ2n) is 4.92. The highest BCUT2D eigenvalue weighted by Crippen LogP contribution is 2.49. The van der Waals surface area contributed by atoms with E-state index in [0.717, 1.165) is 0 Å². The molecule has 0 spiro atoms. The van der Waals surface area contributed by atoms with E-state index in [1.807, 2.05) is 0 Å². The summed E-state index contributed by atoms with van der Waals surface area (Å²) in [4.78, 5) is 0. The van der Waals surface area contributed by atoms with E-state index in [2.05, 4.69) is 5.32 Å². The zero-order valence-corrected chi connectivity index (χ0v) is 10.0. The maximum atomic E-state index is 13.4. The van der Waals surface area contributed by atoms with E-state index < -0.39 is 17.8 Å². The lowest BCUT2D eigenvalue weighted by molar-refractivity contribution is -0.167. The van der Waals surface area contributed by atoms with Crippen LogP contribution in [-0.4, -0.2) is 17.8 Å². The van der Waals surface area contributed by atoms with Crippen molar-refractivity contribution < 1.29 is 17.6 Å². The highest BCUT2D eigenvalue weighted by atomic mass is 19.4. The Labute approximate surface area is 103 Å². The number of nitrogens with one attached hydrogen (secondary N) is 1. The summed E-state index contributed by atoms with van der Waals surface area (Å²) in [5, 5.41) is 2.59. The van der Waals surface area contributed by atoms with Crippen LogP contribution in [-0.2, 0) is 6.42 Å². The molecular formula is C13H15F4N. The number of hydrogen-bond acceptors (Lipinski definition) is 1. The first kappa shape index (κ1) is 13.3. The van der Waals surface area contributed by atoms with Gasteiger partial charge in [-0.3, -0.25) is 0 Å². The van der Waals surface area contributed by atoms with Crippen molar-refractivity contribution in [1.82, 2.24) is 5.32 Å². The molecule has 1 aliphatic carbocycles. The Kier molecular flexibility index (Phi) is 3.36. The zero-order valence-electron chi connectivity index (χ0n) is 10.0. The molecule has 0 bridgehead atoms. The highest BCUT2D eigenvalue weighted by Gasteiger charge is 2.63. The second-order valence-corrected chi connectivity index (χ2v) is 4.92. The summed E-state index contributed by atoms with van der Waals surface area (Å²) in [6, 6.07) is 5.75. The summed E-state index contributed by atoms with van der Waals surface area (Å²) in [6.07, 6.45) is -3.75. The summed E-state index contributed by atoms with van der Waals surface area (Å²) < 4.78 is 51.6. The van der Waals surface area contributed by atoms with E-state index in [1.54, 1.807) is 25.1 Å². The van der Waals surface area contributed by atoms with E-state index in [4.69, 9.17) is 0 Å². The molecular weight excluding hydrogens is 246 g/mol. The van der Waals surface area contributed by atoms with Crippen molar-refractivity contribution in [2.45, 2.75) is 43.9 Å². The number of benzene rings is 1. The number of rotatable bonds is 4. The fraction of sp³-hybridized carbons (Fsp3) is 0.538. The molecule has 1 aromatic rings. The van der Waals surface area contributed by atoms with E-state index in [-0.39, 0.29) is 25.1 Å². The monoisotopic (exact) mass is 261 g/mol. The normalized spacial score (nSPS) is 19.6. The summed E-state index contributed by atoms with van der Waals surface area (Å²) in [6.45, 7) is 1.65. The molecule has 0 aromatic heterocycles. The molecule has 1 nitrogen and oxygen atoms in total. The van der Waals surface area contributed by atoms with Crippen LogP contribution in [0.5, 0.6) is 0 Å². The highest BCUT2D eigenvalue weighted by molar-refractivity contribution is 5.19. The van der Waals surface area contributed by atoms with Gasteiger partial charge in [0.25, 0.3) is 0 Å². The maximum absolute atomic E-state index is 13.4. The topological polar surface area (TPSA) is 12.0 Å². The smallest absolute Gasteiger partial charge is 0.301 e. The van der Waals surface area contributed by atoms with Gasteiger partial charge in [-0.15, -0.1) is 0 Å². The first-order chi connectivity index (χ1) is 8.34. The van der Waals surface area contributed by atoms with E-state index in [1.165, 1.54) is 6.07 Å². The standard InChI is InChI=1S/C13H15F4N/c1-9(8-10-4-2-3-5-11(10)14)18-12(6-7-12)13(15,16)17/h2-5,9,18H,6-8H2,1H3. The van der Waals surface area contributed by atoms with Crippen molar-refractivity contribution in [2.75, 3.05) is 0 Å². The second kappa shape index (κ2) is 4.53. The van der Waals surface area contributed by atoms with E-state index in [0.29, 0.717) is 5.56 Å². The van der Waals surface area contributed by atoms with Gasteiger partial charge in [-0.1, -0.05) is 18.2 Å². The molecule has 18 heavy (non-hydrogen) atoms. The summed E-state index contributed by atoms with van der Waals surface area (Å²) in [7, 11) is 0. The van der Waals surface area contributed by atoms with Crippen molar-refractivity contribution in [3.63, 3.8) is 0 Å². The molecule has 0 amide bonds. The molecule has 1 aromatic carbocycles. The Bertz CT molecular complexity index is 423. The van der Waals surface area contributed by atoms with Crippen LogP contribution in [0.2, 0.25) is 0 Å². The minimum absolute atomic E-state index is 0.109. The fourth-order valence-electron chi connectivity index (χ4n) is 2.15. The molecule has 0 aliphatic heterocycles. The minimum atomic E-state index is -4.23. The van der Waals surface area contributed by atoms with Gasteiger partial charge in [0, 0.05) is 6.04 Å². The average molecular weight is 261 g/mol. The summed E-state index contributed by atoms with van der Waals surface area (Å²) in [5.74, 6) is -0.372. The number of alkyl halides is 3. The third-order valence-electron chi connectivity index (χ3n) is 3.30. The van der Waals surface area contributed by atoms with Crippen molar-refractivity contribution in [3.05, 3.63) is 35.6 Å². The predicted molar refractivity (Wildman–Crippen MR) is 60.7 cm³/mol. The molecule has 0 saturated heterocycles. The van der Waals surface area contributed by atoms with Crippen molar-refractivity contribution in [1.29, 1.82) is 0 Å². The molecule has 1 atom stereocenters. The minimum Gasteiger partial charge on any atom is -0.301 e. The molecule has 0 heterocycles. The lowest BCUT2D eigenvalue weighted by atomic mass is 10.1. The number of halogens is 4. The molecule has 100 valence electrons. The molecule has 0 radical (unpaired) electrons. The Morgan fingerprint density at radius 3 is 2.39 bits per heavy atom. The molecule has 1 aliphatic rings. The summed E-state index contributed by atoms with van der Waals surface area (Å²) in [5.41, 5.74) is -1.30. The first-order valence-electron chi connectivity index (χ1n) is 5.92. The Balaban J connectivity index is 1.98. The first-order valence-corrected chi connectivity index (χ1v) is 5.92. The van der Waals surface area contributed by atoms with Crippen LogP contribution in [0.25, 0.3) is 0 Å². The van der Waals surface area contributed by atoms with Crippen LogP contribution in [0.3, 0.4) is 0 Å². The van der Waals surface area contributed by atoms with E-state index in [9.17, 15) is 17.6 Å². The van der Waals surface area contributed by atoms with Gasteiger partial charge in [0.1, 0.15) is 11.4 Å². The van der Waals surface area contributed by atoms with Crippen LogP contribution in [0.4, 0.5) is 17.6 Å². The van der Waals surface area contributed by atoms with Gasteiger partial charge < -0.3 is 5.32 Å². The molecule has 5 heteroatoms. The van der Waals surface area contributed by atoms with Gasteiger partial charge in [0.2, 0.25) is 0 Å². The van der Waals surface area contributed by atoms with Crippen LogP contribution >= 0.6 is 0 Å². The largest absolute Gasteiger partial charge is 0.406 e. The Hall–Kier alpha value is -1.10. The third kappa shape index (κ3) is 2.66. The van der Waals surface area contributed by atoms with Gasteiger partial charge in [0.15, 0.2) is 0 Å². The molecule has 1 saturated carbocycles. The van der Waals surface area contributed by atoms with Crippen molar-refractivity contribution >= 4 is 0 Å². The van der Waals surface area contributed by atoms with Gasteiger partial charge >= 0.3 is 6.18 Å². The van der Waals surface area contributed by atoms with Crippen LogP contribution in [0.1, 0.15) is 25.3 Å². The summed E-state index contributed by atoms with van der Waals surface area (Å²) >= 11 is 0. The van der Waals surface area contributed by atoms with Crippen LogP contribution < -0.4 is 5.32 Å². The molecule has 1 N–H and O–H groups in total. The lowest BCUT2D eigenvalue weighted by Gasteiger charge is -2.25. The predicted octanol–water partition coefficient (Wildman–Crippen LogP) is 3.44. The van der Waals surface area contributed by atoms with Crippen LogP contribution in [0.15, 0.2) is 24.3 Å². The van der Waals surface area contributed by atoms with Crippen molar-refractivity contribution in [3.8, 4) is 0 Å². The lowest BCUT2D eigenvalue weighted by Crippen LogP contribution is -2.49. The fourth-order valence-corrected chi connectivity index (χ4v) is 2.15. The zero-order chi connectivity index (χ0) is 13.4. The molecule has 1 unspecified atom stereocenters. The SMILES string of the molecule is CC(Cc1ccccc1F)NC1(C(F)(F)F)CC1. The van der Waals surface area contributed by atoms with Gasteiger partial charge in [-0.05, 0) is 37.8 Å². The maximum Gasteiger partial charge on any atom is 0.406 e. The van der Waals surface area contributed by atoms with Crippen molar-refractivity contribution in [2.24, 2.45) is 0 Å². The average Bonchev–Trinajstić information content (AvgIpc) is 3.01. The number of hydrogen-bond donors (Lipinski definition) is 1. The van der Waals surface area contributed by atoms with Gasteiger partial charge in [0.05, 0.1) is 0 Å².